The number of allylic oxidation sites excluding steroid dienone is 1. The van der Waals surface area contributed by atoms with Crippen LogP contribution in [0.2, 0.25) is 5.02 Å². The van der Waals surface area contributed by atoms with Crippen LogP contribution in [-0.2, 0) is 4.74 Å². The number of nitrogens with one attached hydrogen (secondary N) is 1. The number of fused-ring (bicyclic) bond motifs is 1. The molecule has 3 aliphatic rings. The molecule has 0 saturated carbocycles. The fraction of sp³-hybridized carbons (Fsp3) is 0.361. The molecule has 3 aromatic carbocycles. The Morgan fingerprint density at radius 1 is 0.978 bits per heavy atom. The third kappa shape index (κ3) is 7.89. The Kier molecular flexibility index (Phi) is 10.1. The van der Waals surface area contributed by atoms with Crippen molar-refractivity contribution in [2.24, 2.45) is 0 Å². The number of aliphatic hydroxyl groups is 1. The molecule has 0 spiro atoms. The van der Waals surface area contributed by atoms with Gasteiger partial charge in [0.2, 0.25) is 0 Å². The number of carboxylic acid groups (broad SMARTS) is 1. The van der Waals surface area contributed by atoms with Crippen molar-refractivity contribution in [3.63, 3.8) is 0 Å². The molecule has 1 unspecified atom stereocenters. The zero-order valence-electron chi connectivity index (χ0n) is 25.4. The average Bonchev–Trinajstić information content (AvgIpc) is 3.78. The summed E-state index contributed by atoms with van der Waals surface area (Å²) in [6, 6.07) is 20.9. The lowest BCUT2D eigenvalue weighted by Gasteiger charge is -2.38. The number of nitrogens with zero attached hydrogens (tertiary/aromatic N) is 2. The fourth-order valence-corrected chi connectivity index (χ4v) is 6.42. The highest BCUT2D eigenvalue weighted by Crippen LogP contribution is 2.35. The maximum atomic E-state index is 11.9. The Morgan fingerprint density at radius 3 is 2.47 bits per heavy atom. The van der Waals surface area contributed by atoms with Crippen molar-refractivity contribution in [3.05, 3.63) is 94.6 Å². The molecule has 1 aliphatic carbocycles. The number of halogens is 1. The molecule has 2 aliphatic heterocycles. The maximum absolute atomic E-state index is 11.9. The molecular weight excluding hydrogens is 590 g/mol. The number of aromatic carboxylic acids is 1. The maximum Gasteiger partial charge on any atom is 0.339 e. The number of piperazine rings is 1. The first kappa shape index (κ1) is 31.2. The number of hydrogen-bond donors (Lipinski definition) is 3. The summed E-state index contributed by atoms with van der Waals surface area (Å²) >= 11 is 6.11. The summed E-state index contributed by atoms with van der Waals surface area (Å²) in [6.07, 6.45) is 6.47. The molecule has 2 fully saturated rings. The molecule has 0 radical (unpaired) electrons. The van der Waals surface area contributed by atoms with Crippen LogP contribution in [0.4, 0.5) is 5.69 Å². The number of hydrogen-bond acceptors (Lipinski definition) is 6. The highest BCUT2D eigenvalue weighted by Gasteiger charge is 2.25. The molecule has 0 bridgehead atoms. The Hall–Kier alpha value is -3.82. The minimum absolute atomic E-state index is 0.133. The van der Waals surface area contributed by atoms with E-state index in [0.717, 1.165) is 80.4 Å². The zero-order valence-corrected chi connectivity index (χ0v) is 26.1. The summed E-state index contributed by atoms with van der Waals surface area (Å²) in [5, 5.41) is 21.9. The van der Waals surface area contributed by atoms with Crippen LogP contribution >= 0.6 is 11.6 Å². The summed E-state index contributed by atoms with van der Waals surface area (Å²) in [7, 11) is 0. The normalized spacial score (nSPS) is 19.0. The first-order chi connectivity index (χ1) is 21.9. The van der Waals surface area contributed by atoms with Gasteiger partial charge in [0.15, 0.2) is 0 Å². The van der Waals surface area contributed by atoms with Gasteiger partial charge in [-0.2, -0.15) is 0 Å². The van der Waals surface area contributed by atoms with Gasteiger partial charge in [0.05, 0.1) is 6.10 Å². The van der Waals surface area contributed by atoms with Crippen molar-refractivity contribution in [1.82, 2.24) is 9.88 Å². The highest BCUT2D eigenvalue weighted by atomic mass is 35.5. The molecule has 0 amide bonds. The van der Waals surface area contributed by atoms with Crippen LogP contribution < -0.4 is 9.64 Å². The second kappa shape index (κ2) is 14.5. The standard InChI is InChI=1S/C32H32ClN3O4.C4H8O/c33-24-3-1-21(2-4-24)28-9-6-26(37)17-23(28)20-35-13-15-36(16-14-35)25-5-8-29(32(38)39)31(19-25)40-27-7-10-30-22(18-27)11-12-34-30;1-2-4-5-3-1/h1-5,7-8,10-12,18-19,26,34,37H,6,9,13-17,20H2,(H,38,39);1-4H2. The molecule has 4 aromatic rings. The molecule has 1 atom stereocenters. The van der Waals surface area contributed by atoms with E-state index in [-0.39, 0.29) is 11.7 Å². The highest BCUT2D eigenvalue weighted by molar-refractivity contribution is 6.30. The van der Waals surface area contributed by atoms with E-state index in [4.69, 9.17) is 21.1 Å². The van der Waals surface area contributed by atoms with Crippen molar-refractivity contribution in [2.45, 2.75) is 38.2 Å². The topological polar surface area (TPSA) is 98.3 Å². The third-order valence-electron chi connectivity index (χ3n) is 8.76. The van der Waals surface area contributed by atoms with Gasteiger partial charge >= 0.3 is 5.97 Å². The number of carbonyl (C=O) groups is 1. The van der Waals surface area contributed by atoms with Gasteiger partial charge < -0.3 is 29.6 Å². The molecule has 8 nitrogen and oxygen atoms in total. The average molecular weight is 630 g/mol. The molecular formula is C36H40ClN3O5. The van der Waals surface area contributed by atoms with E-state index in [1.54, 1.807) is 6.07 Å². The number of aromatic nitrogens is 1. The van der Waals surface area contributed by atoms with Crippen LogP contribution in [0, 0.1) is 0 Å². The van der Waals surface area contributed by atoms with Gasteiger partial charge in [-0.1, -0.05) is 23.7 Å². The monoisotopic (exact) mass is 629 g/mol. The summed E-state index contributed by atoms with van der Waals surface area (Å²) in [5.41, 5.74) is 5.89. The number of aromatic amines is 1. The van der Waals surface area contributed by atoms with Crippen LogP contribution in [0.1, 0.15) is 48.0 Å². The van der Waals surface area contributed by atoms with Crippen LogP contribution in [0.15, 0.2) is 78.5 Å². The Morgan fingerprint density at radius 2 is 1.76 bits per heavy atom. The van der Waals surface area contributed by atoms with Gasteiger partial charge in [0.25, 0.3) is 0 Å². The number of ether oxygens (including phenoxy) is 2. The summed E-state index contributed by atoms with van der Waals surface area (Å²) in [4.78, 5) is 19.8. The summed E-state index contributed by atoms with van der Waals surface area (Å²) in [5.74, 6) is -0.0965. The number of H-pyrrole nitrogens is 1. The second-order valence-corrected chi connectivity index (χ2v) is 12.3. The third-order valence-corrected chi connectivity index (χ3v) is 9.01. The molecule has 3 N–H and O–H groups in total. The Balaban J connectivity index is 0.000000652. The fourth-order valence-electron chi connectivity index (χ4n) is 6.29. The van der Waals surface area contributed by atoms with E-state index >= 15 is 0 Å². The van der Waals surface area contributed by atoms with Gasteiger partial charge in [-0.15, -0.1) is 0 Å². The van der Waals surface area contributed by atoms with E-state index in [2.05, 4.69) is 26.9 Å². The lowest BCUT2D eigenvalue weighted by Crippen LogP contribution is -2.47. The molecule has 9 heteroatoms. The Bertz CT molecular complexity index is 1630. The van der Waals surface area contributed by atoms with Crippen molar-refractivity contribution in [1.29, 1.82) is 0 Å². The van der Waals surface area contributed by atoms with Crippen LogP contribution in [0.3, 0.4) is 0 Å². The molecule has 45 heavy (non-hydrogen) atoms. The molecule has 2 saturated heterocycles. The predicted molar refractivity (Wildman–Crippen MR) is 179 cm³/mol. The van der Waals surface area contributed by atoms with E-state index < -0.39 is 5.97 Å². The second-order valence-electron chi connectivity index (χ2n) is 11.9. The van der Waals surface area contributed by atoms with Crippen LogP contribution in [-0.4, -0.2) is 78.1 Å². The summed E-state index contributed by atoms with van der Waals surface area (Å²) < 4.78 is 11.0. The van der Waals surface area contributed by atoms with Crippen molar-refractivity contribution < 1.29 is 24.5 Å². The van der Waals surface area contributed by atoms with E-state index in [0.29, 0.717) is 17.9 Å². The molecule has 236 valence electrons. The largest absolute Gasteiger partial charge is 0.478 e. The minimum Gasteiger partial charge on any atom is -0.478 e. The van der Waals surface area contributed by atoms with Crippen LogP contribution in [0.25, 0.3) is 16.5 Å². The van der Waals surface area contributed by atoms with E-state index in [1.165, 1.54) is 29.6 Å². The zero-order chi connectivity index (χ0) is 31.2. The summed E-state index contributed by atoms with van der Waals surface area (Å²) in [6.45, 7) is 6.19. The molecule has 7 rings (SSSR count). The van der Waals surface area contributed by atoms with Crippen molar-refractivity contribution in [2.75, 3.05) is 50.8 Å². The van der Waals surface area contributed by atoms with Gasteiger partial charge in [-0.05, 0) is 97.3 Å². The number of aliphatic hydroxyl groups excluding tert-OH is 1. The van der Waals surface area contributed by atoms with E-state index in [9.17, 15) is 15.0 Å². The van der Waals surface area contributed by atoms with E-state index in [1.807, 2.05) is 54.7 Å². The van der Waals surface area contributed by atoms with Gasteiger partial charge in [0.1, 0.15) is 17.1 Å². The first-order valence-corrected chi connectivity index (χ1v) is 16.1. The number of rotatable bonds is 7. The smallest absolute Gasteiger partial charge is 0.339 e. The predicted octanol–water partition coefficient (Wildman–Crippen LogP) is 7.23. The van der Waals surface area contributed by atoms with Gasteiger partial charge in [-0.25, -0.2) is 4.79 Å². The number of anilines is 1. The minimum atomic E-state index is -1.02. The lowest BCUT2D eigenvalue weighted by atomic mass is 9.85. The quantitative estimate of drug-likeness (QED) is 0.198. The van der Waals surface area contributed by atoms with Crippen molar-refractivity contribution >= 4 is 39.7 Å². The van der Waals surface area contributed by atoms with Crippen LogP contribution in [0.5, 0.6) is 11.5 Å². The number of benzene rings is 3. The molecule has 3 heterocycles. The SMILES string of the molecule is C1CCOC1.O=C(O)c1ccc(N2CCN(CC3=C(c4ccc(Cl)cc4)CCC(O)C3)CC2)cc1Oc1ccc2[nH]ccc2c1. The van der Waals surface area contributed by atoms with Crippen molar-refractivity contribution in [3.8, 4) is 11.5 Å². The first-order valence-electron chi connectivity index (χ1n) is 15.8. The molecule has 1 aromatic heterocycles. The van der Waals surface area contributed by atoms with Gasteiger partial charge in [-0.3, -0.25) is 4.90 Å². The lowest BCUT2D eigenvalue weighted by molar-refractivity contribution is 0.0694. The Labute approximate surface area is 268 Å². The number of carboxylic acids is 1. The van der Waals surface area contributed by atoms with Gasteiger partial charge in [0, 0.05) is 79.8 Å².